The van der Waals surface area contributed by atoms with Crippen LogP contribution in [0.3, 0.4) is 0 Å². The highest BCUT2D eigenvalue weighted by Crippen LogP contribution is 2.22. The maximum Gasteiger partial charge on any atom is 0.261 e. The largest absolute Gasteiger partial charge is 0.367 e. The van der Waals surface area contributed by atoms with Crippen molar-refractivity contribution >= 4 is 12.1 Å². The van der Waals surface area contributed by atoms with E-state index in [1.807, 2.05) is 0 Å². The monoisotopic (exact) mass is 156 g/mol. The molecular weight excluding hydrogens is 147 g/mol. The summed E-state index contributed by atoms with van der Waals surface area (Å²) in [7, 11) is 0. The molecule has 0 radical (unpaired) electrons. The standard InChI is InChI=1S/C7H9FN2O/c1-5-7(8,6(9)11)3-2-4-10-5/h2-5H,1H3,(H2,9,11). The molecule has 3 nitrogen and oxygen atoms in total. The van der Waals surface area contributed by atoms with E-state index in [0.29, 0.717) is 0 Å². The van der Waals surface area contributed by atoms with Gasteiger partial charge in [-0.05, 0) is 19.1 Å². The van der Waals surface area contributed by atoms with Gasteiger partial charge >= 0.3 is 0 Å². The topological polar surface area (TPSA) is 55.4 Å². The van der Waals surface area contributed by atoms with Gasteiger partial charge in [0.25, 0.3) is 5.91 Å². The van der Waals surface area contributed by atoms with Crippen molar-refractivity contribution in [2.75, 3.05) is 0 Å². The number of primary amides is 1. The second-order valence-electron chi connectivity index (χ2n) is 2.47. The van der Waals surface area contributed by atoms with Crippen molar-refractivity contribution in [3.63, 3.8) is 0 Å². The zero-order valence-electron chi connectivity index (χ0n) is 6.12. The van der Waals surface area contributed by atoms with Gasteiger partial charge in [0.05, 0.1) is 6.04 Å². The number of allylic oxidation sites excluding steroid dienone is 1. The van der Waals surface area contributed by atoms with Gasteiger partial charge in [-0.15, -0.1) is 0 Å². The van der Waals surface area contributed by atoms with Crippen molar-refractivity contribution in [3.8, 4) is 0 Å². The molecule has 60 valence electrons. The molecule has 1 aliphatic heterocycles. The number of amides is 1. The third-order valence-corrected chi connectivity index (χ3v) is 1.72. The van der Waals surface area contributed by atoms with Crippen LogP contribution in [0.15, 0.2) is 17.1 Å². The Balaban J connectivity index is 2.94. The fourth-order valence-electron chi connectivity index (χ4n) is 0.898. The summed E-state index contributed by atoms with van der Waals surface area (Å²) in [6.07, 6.45) is 3.96. The number of hydrogen-bond donors (Lipinski definition) is 1. The van der Waals surface area contributed by atoms with Gasteiger partial charge in [0, 0.05) is 6.21 Å². The molecule has 1 rings (SSSR count). The molecule has 0 aromatic rings. The first kappa shape index (κ1) is 7.91. The van der Waals surface area contributed by atoms with Gasteiger partial charge in [0.1, 0.15) is 0 Å². The summed E-state index contributed by atoms with van der Waals surface area (Å²) < 4.78 is 13.4. The summed E-state index contributed by atoms with van der Waals surface area (Å²) in [5.41, 5.74) is 2.75. The van der Waals surface area contributed by atoms with Crippen molar-refractivity contribution in [3.05, 3.63) is 12.2 Å². The highest BCUT2D eigenvalue weighted by molar-refractivity contribution is 5.89. The van der Waals surface area contributed by atoms with Crippen molar-refractivity contribution in [1.29, 1.82) is 0 Å². The molecule has 1 amide bonds. The molecule has 2 N–H and O–H groups in total. The normalized spacial score (nSPS) is 35.6. The lowest BCUT2D eigenvalue weighted by molar-refractivity contribution is -0.127. The zero-order valence-corrected chi connectivity index (χ0v) is 6.12. The van der Waals surface area contributed by atoms with Crippen LogP contribution in [0.5, 0.6) is 0 Å². The van der Waals surface area contributed by atoms with Gasteiger partial charge in [0.15, 0.2) is 0 Å². The Morgan fingerprint density at radius 3 is 2.82 bits per heavy atom. The average Bonchev–Trinajstić information content (AvgIpc) is 1.95. The lowest BCUT2D eigenvalue weighted by Crippen LogP contribution is -2.46. The molecule has 0 aliphatic carbocycles. The summed E-state index contributed by atoms with van der Waals surface area (Å²) in [6, 6.07) is -0.718. The average molecular weight is 156 g/mol. The van der Waals surface area contributed by atoms with Gasteiger partial charge < -0.3 is 5.73 Å². The summed E-state index contributed by atoms with van der Waals surface area (Å²) in [6.45, 7) is 1.50. The summed E-state index contributed by atoms with van der Waals surface area (Å²) in [4.78, 5) is 14.3. The van der Waals surface area contributed by atoms with E-state index in [9.17, 15) is 9.18 Å². The number of carbonyl (C=O) groups excluding carboxylic acids is 1. The van der Waals surface area contributed by atoms with E-state index in [1.54, 1.807) is 0 Å². The molecule has 0 fully saturated rings. The number of dihydropyridines is 1. The van der Waals surface area contributed by atoms with Crippen LogP contribution in [-0.4, -0.2) is 23.8 Å². The van der Waals surface area contributed by atoms with E-state index in [0.717, 1.165) is 6.08 Å². The molecule has 0 bridgehead atoms. The number of alkyl halides is 1. The van der Waals surface area contributed by atoms with Crippen molar-refractivity contribution in [2.45, 2.75) is 18.6 Å². The van der Waals surface area contributed by atoms with Crippen LogP contribution in [0, 0.1) is 0 Å². The van der Waals surface area contributed by atoms with Crippen LogP contribution in [0.25, 0.3) is 0 Å². The SMILES string of the molecule is CC1N=CC=CC1(F)C(N)=O. The second kappa shape index (κ2) is 2.45. The molecule has 0 aromatic carbocycles. The summed E-state index contributed by atoms with van der Waals surface area (Å²) in [5.74, 6) is -0.988. The van der Waals surface area contributed by atoms with Gasteiger partial charge in [0.2, 0.25) is 5.67 Å². The molecule has 2 unspecified atom stereocenters. The molecule has 0 aromatic heterocycles. The van der Waals surface area contributed by atoms with E-state index in [1.165, 1.54) is 19.2 Å². The Labute approximate surface area is 63.8 Å². The number of carbonyl (C=O) groups is 1. The van der Waals surface area contributed by atoms with Crippen molar-refractivity contribution in [2.24, 2.45) is 10.7 Å². The quantitative estimate of drug-likeness (QED) is 0.579. The van der Waals surface area contributed by atoms with Gasteiger partial charge in [-0.25, -0.2) is 4.39 Å². The maximum atomic E-state index is 13.4. The Morgan fingerprint density at radius 2 is 2.45 bits per heavy atom. The van der Waals surface area contributed by atoms with Gasteiger partial charge in [-0.2, -0.15) is 0 Å². The lowest BCUT2D eigenvalue weighted by Gasteiger charge is -2.23. The van der Waals surface area contributed by atoms with E-state index < -0.39 is 17.6 Å². The van der Waals surface area contributed by atoms with Crippen LogP contribution in [0.2, 0.25) is 0 Å². The number of nitrogens with zero attached hydrogens (tertiary/aromatic N) is 1. The Bertz CT molecular complexity index is 237. The molecule has 0 spiro atoms. The predicted molar refractivity (Wildman–Crippen MR) is 40.1 cm³/mol. The highest BCUT2D eigenvalue weighted by atomic mass is 19.1. The van der Waals surface area contributed by atoms with E-state index in [-0.39, 0.29) is 0 Å². The van der Waals surface area contributed by atoms with E-state index >= 15 is 0 Å². The number of hydrogen-bond acceptors (Lipinski definition) is 2. The number of halogens is 1. The Kier molecular flexibility index (Phi) is 1.76. The Hall–Kier alpha value is -1.19. The van der Waals surface area contributed by atoms with E-state index in [4.69, 9.17) is 5.73 Å². The maximum absolute atomic E-state index is 13.4. The lowest BCUT2D eigenvalue weighted by atomic mass is 9.95. The van der Waals surface area contributed by atoms with Gasteiger partial charge in [-0.3, -0.25) is 9.79 Å². The fourth-order valence-corrected chi connectivity index (χ4v) is 0.898. The molecule has 0 saturated heterocycles. The minimum absolute atomic E-state index is 0.718. The molecule has 11 heavy (non-hydrogen) atoms. The van der Waals surface area contributed by atoms with Gasteiger partial charge in [-0.1, -0.05) is 0 Å². The third-order valence-electron chi connectivity index (χ3n) is 1.72. The van der Waals surface area contributed by atoms with Crippen LogP contribution in [0.4, 0.5) is 4.39 Å². The summed E-state index contributed by atoms with van der Waals surface area (Å²) in [5, 5.41) is 0. The van der Waals surface area contributed by atoms with Crippen LogP contribution < -0.4 is 5.73 Å². The molecule has 4 heteroatoms. The first-order valence-electron chi connectivity index (χ1n) is 3.27. The number of rotatable bonds is 1. The van der Waals surface area contributed by atoms with Crippen molar-refractivity contribution in [1.82, 2.24) is 0 Å². The molecular formula is C7H9FN2O. The zero-order chi connectivity index (χ0) is 8.48. The number of aliphatic imine (C=N–C) groups is 1. The van der Waals surface area contributed by atoms with Crippen LogP contribution in [-0.2, 0) is 4.79 Å². The first-order chi connectivity index (χ1) is 5.07. The second-order valence-corrected chi connectivity index (χ2v) is 2.47. The predicted octanol–water partition coefficient (Wildman–Crippen LogP) is 0.209. The minimum atomic E-state index is -2.10. The highest BCUT2D eigenvalue weighted by Gasteiger charge is 2.40. The molecule has 1 heterocycles. The smallest absolute Gasteiger partial charge is 0.261 e. The Morgan fingerprint density at radius 1 is 1.82 bits per heavy atom. The van der Waals surface area contributed by atoms with Crippen LogP contribution in [0.1, 0.15) is 6.92 Å². The minimum Gasteiger partial charge on any atom is -0.367 e. The first-order valence-corrected chi connectivity index (χ1v) is 3.27. The molecule has 0 saturated carbocycles. The third kappa shape index (κ3) is 1.15. The fraction of sp³-hybridized carbons (Fsp3) is 0.429. The molecule has 1 aliphatic rings. The van der Waals surface area contributed by atoms with Crippen LogP contribution >= 0.6 is 0 Å². The molecule has 2 atom stereocenters. The van der Waals surface area contributed by atoms with Crippen molar-refractivity contribution < 1.29 is 9.18 Å². The van der Waals surface area contributed by atoms with E-state index in [2.05, 4.69) is 4.99 Å². The summed E-state index contributed by atoms with van der Waals surface area (Å²) >= 11 is 0. The number of nitrogens with two attached hydrogens (primary N) is 1.